The maximum Gasteiger partial charge on any atom is 0.275 e. The molecule has 0 heterocycles. The van der Waals surface area contributed by atoms with E-state index in [0.29, 0.717) is 5.71 Å². The molecule has 0 bridgehead atoms. The summed E-state index contributed by atoms with van der Waals surface area (Å²) in [6.45, 7) is 0. The van der Waals surface area contributed by atoms with Crippen molar-refractivity contribution in [3.63, 3.8) is 0 Å². The first kappa shape index (κ1) is 18.9. The van der Waals surface area contributed by atoms with Gasteiger partial charge in [0, 0.05) is 0 Å². The summed E-state index contributed by atoms with van der Waals surface area (Å²) in [6.07, 6.45) is 7.47. The third-order valence-corrected chi connectivity index (χ3v) is 3.93. The predicted octanol–water partition coefficient (Wildman–Crippen LogP) is 4.90. The van der Waals surface area contributed by atoms with Crippen LogP contribution in [-0.4, -0.2) is 16.7 Å². The number of hydrazone groups is 1. The zero-order chi connectivity index (χ0) is 19.6. The molecule has 0 spiro atoms. The number of para-hydroxylation sites is 1. The molecule has 3 aromatic carbocycles. The Hall–Kier alpha value is -3.92. The molecule has 0 aromatic heterocycles. The van der Waals surface area contributed by atoms with Crippen molar-refractivity contribution >= 4 is 23.8 Å². The number of hydrogen-bond donors (Lipinski definition) is 2. The van der Waals surface area contributed by atoms with Crippen LogP contribution in [0, 0.1) is 0 Å². The molecule has 0 aliphatic carbocycles. The molecule has 0 aliphatic heterocycles. The lowest BCUT2D eigenvalue weighted by Gasteiger charge is -2.03. The number of carbonyl (C=O) groups is 1. The molecule has 3 rings (SSSR count). The first-order valence-electron chi connectivity index (χ1n) is 8.85. The standard InChI is InChI=1S/C24H20N2O2/c27-23-14-8-7-13-22(23)24(28)26-25-21(17-15-19-9-3-1-4-10-19)18-16-20-11-5-2-6-12-20/h1-18,27H,(H,26,28)/b17-15+,18-16+. The van der Waals surface area contributed by atoms with Gasteiger partial charge in [-0.05, 0) is 35.4 Å². The number of carbonyl (C=O) groups excluding carboxylic acids is 1. The Kier molecular flexibility index (Phi) is 6.53. The quantitative estimate of drug-likeness (QED) is 0.480. The zero-order valence-electron chi connectivity index (χ0n) is 15.2. The van der Waals surface area contributed by atoms with Crippen LogP contribution in [0.3, 0.4) is 0 Å². The van der Waals surface area contributed by atoms with Crippen LogP contribution in [0.25, 0.3) is 12.2 Å². The van der Waals surface area contributed by atoms with E-state index in [4.69, 9.17) is 0 Å². The molecule has 0 fully saturated rings. The average molecular weight is 368 g/mol. The van der Waals surface area contributed by atoms with Gasteiger partial charge in [-0.2, -0.15) is 5.10 Å². The van der Waals surface area contributed by atoms with Crippen molar-refractivity contribution in [3.8, 4) is 5.75 Å². The number of nitrogens with one attached hydrogen (secondary N) is 1. The Labute approximate surface area is 164 Å². The Morgan fingerprint density at radius 2 is 1.25 bits per heavy atom. The van der Waals surface area contributed by atoms with Crippen LogP contribution in [0.15, 0.2) is 102 Å². The van der Waals surface area contributed by atoms with Gasteiger partial charge in [-0.25, -0.2) is 5.43 Å². The summed E-state index contributed by atoms with van der Waals surface area (Å²) in [5.74, 6) is -0.562. The van der Waals surface area contributed by atoms with Crippen LogP contribution in [0.4, 0.5) is 0 Å². The number of rotatable bonds is 6. The fourth-order valence-corrected chi connectivity index (χ4v) is 2.46. The zero-order valence-corrected chi connectivity index (χ0v) is 15.2. The summed E-state index contributed by atoms with van der Waals surface area (Å²) in [5.41, 5.74) is 5.28. The molecule has 4 heteroatoms. The summed E-state index contributed by atoms with van der Waals surface area (Å²) in [7, 11) is 0. The number of allylic oxidation sites excluding steroid dienone is 2. The van der Waals surface area contributed by atoms with Crippen molar-refractivity contribution in [2.45, 2.75) is 0 Å². The highest BCUT2D eigenvalue weighted by atomic mass is 16.3. The first-order chi connectivity index (χ1) is 13.7. The van der Waals surface area contributed by atoms with Gasteiger partial charge in [0.2, 0.25) is 0 Å². The van der Waals surface area contributed by atoms with Gasteiger partial charge in [0.25, 0.3) is 5.91 Å². The topological polar surface area (TPSA) is 61.7 Å². The minimum absolute atomic E-state index is 0.0867. The normalized spacial score (nSPS) is 10.9. The van der Waals surface area contributed by atoms with Gasteiger partial charge >= 0.3 is 0 Å². The number of hydrogen-bond acceptors (Lipinski definition) is 3. The SMILES string of the molecule is O=C(NN=C(/C=C/c1ccccc1)/C=C/c1ccccc1)c1ccccc1O. The van der Waals surface area contributed by atoms with Gasteiger partial charge in [-0.3, -0.25) is 4.79 Å². The van der Waals surface area contributed by atoms with E-state index >= 15 is 0 Å². The molecule has 0 aliphatic rings. The maximum atomic E-state index is 12.3. The van der Waals surface area contributed by atoms with E-state index in [1.807, 2.05) is 85.0 Å². The van der Waals surface area contributed by atoms with Crippen molar-refractivity contribution < 1.29 is 9.90 Å². The van der Waals surface area contributed by atoms with E-state index in [9.17, 15) is 9.90 Å². The third-order valence-electron chi connectivity index (χ3n) is 3.93. The highest BCUT2D eigenvalue weighted by Crippen LogP contribution is 2.15. The molecule has 2 N–H and O–H groups in total. The van der Waals surface area contributed by atoms with E-state index in [1.54, 1.807) is 18.2 Å². The molecular formula is C24H20N2O2. The molecule has 138 valence electrons. The van der Waals surface area contributed by atoms with Gasteiger partial charge in [0.1, 0.15) is 5.75 Å². The van der Waals surface area contributed by atoms with Gasteiger partial charge in [-0.1, -0.05) is 84.9 Å². The van der Waals surface area contributed by atoms with E-state index in [0.717, 1.165) is 11.1 Å². The first-order valence-corrected chi connectivity index (χ1v) is 8.85. The Morgan fingerprint density at radius 1 is 0.750 bits per heavy atom. The highest BCUT2D eigenvalue weighted by molar-refractivity contribution is 6.09. The lowest BCUT2D eigenvalue weighted by molar-refractivity contribution is 0.0952. The van der Waals surface area contributed by atoms with Gasteiger partial charge < -0.3 is 5.11 Å². The second kappa shape index (κ2) is 9.69. The van der Waals surface area contributed by atoms with Crippen LogP contribution < -0.4 is 5.43 Å². The summed E-state index contributed by atoms with van der Waals surface area (Å²) in [5, 5.41) is 14.0. The van der Waals surface area contributed by atoms with E-state index in [1.165, 1.54) is 6.07 Å². The third kappa shape index (κ3) is 5.54. The van der Waals surface area contributed by atoms with Crippen LogP contribution in [0.1, 0.15) is 21.5 Å². The molecule has 0 saturated carbocycles. The smallest absolute Gasteiger partial charge is 0.275 e. The lowest BCUT2D eigenvalue weighted by Crippen LogP contribution is -2.18. The van der Waals surface area contributed by atoms with Gasteiger partial charge in [-0.15, -0.1) is 0 Å². The number of phenols is 1. The van der Waals surface area contributed by atoms with Crippen LogP contribution in [-0.2, 0) is 0 Å². The molecule has 0 radical (unpaired) electrons. The number of phenolic OH excluding ortho intramolecular Hbond substituents is 1. The summed E-state index contributed by atoms with van der Waals surface area (Å²) < 4.78 is 0. The molecule has 28 heavy (non-hydrogen) atoms. The Bertz CT molecular complexity index is 956. The predicted molar refractivity (Wildman–Crippen MR) is 114 cm³/mol. The molecule has 0 saturated heterocycles. The largest absolute Gasteiger partial charge is 0.507 e. The van der Waals surface area contributed by atoms with Crippen molar-refractivity contribution in [2.75, 3.05) is 0 Å². The summed E-state index contributed by atoms with van der Waals surface area (Å²) in [4.78, 5) is 12.3. The Balaban J connectivity index is 1.81. The fraction of sp³-hybridized carbons (Fsp3) is 0. The number of amides is 1. The fourth-order valence-electron chi connectivity index (χ4n) is 2.46. The Morgan fingerprint density at radius 3 is 1.79 bits per heavy atom. The van der Waals surface area contributed by atoms with Crippen molar-refractivity contribution in [3.05, 3.63) is 114 Å². The molecule has 4 nitrogen and oxygen atoms in total. The maximum absolute atomic E-state index is 12.3. The van der Waals surface area contributed by atoms with E-state index in [-0.39, 0.29) is 11.3 Å². The second-order valence-corrected chi connectivity index (χ2v) is 5.98. The number of nitrogens with zero attached hydrogens (tertiary/aromatic N) is 1. The molecule has 0 unspecified atom stereocenters. The van der Waals surface area contributed by atoms with E-state index < -0.39 is 5.91 Å². The van der Waals surface area contributed by atoms with Gasteiger partial charge in [0.15, 0.2) is 0 Å². The lowest BCUT2D eigenvalue weighted by atomic mass is 10.1. The van der Waals surface area contributed by atoms with Crippen molar-refractivity contribution in [2.24, 2.45) is 5.10 Å². The average Bonchev–Trinajstić information content (AvgIpc) is 2.75. The van der Waals surface area contributed by atoms with Crippen molar-refractivity contribution in [1.82, 2.24) is 5.43 Å². The second-order valence-electron chi connectivity index (χ2n) is 5.98. The minimum atomic E-state index is -0.475. The summed E-state index contributed by atoms with van der Waals surface area (Å²) in [6, 6.07) is 26.0. The van der Waals surface area contributed by atoms with Crippen molar-refractivity contribution in [1.29, 1.82) is 0 Å². The molecule has 0 atom stereocenters. The van der Waals surface area contributed by atoms with Crippen LogP contribution in [0.2, 0.25) is 0 Å². The minimum Gasteiger partial charge on any atom is -0.507 e. The number of aromatic hydroxyl groups is 1. The van der Waals surface area contributed by atoms with Crippen LogP contribution in [0.5, 0.6) is 5.75 Å². The molecular weight excluding hydrogens is 348 g/mol. The van der Waals surface area contributed by atoms with Crippen LogP contribution >= 0.6 is 0 Å². The molecule has 3 aromatic rings. The van der Waals surface area contributed by atoms with Gasteiger partial charge in [0.05, 0.1) is 11.3 Å². The number of benzene rings is 3. The molecule has 1 amide bonds. The monoisotopic (exact) mass is 368 g/mol. The highest BCUT2D eigenvalue weighted by Gasteiger charge is 2.08. The summed E-state index contributed by atoms with van der Waals surface area (Å²) >= 11 is 0. The van der Waals surface area contributed by atoms with E-state index in [2.05, 4.69) is 10.5 Å².